The van der Waals surface area contributed by atoms with Crippen molar-refractivity contribution in [1.29, 1.82) is 0 Å². The zero-order valence-electron chi connectivity index (χ0n) is 12.3. The van der Waals surface area contributed by atoms with Gasteiger partial charge in [-0.15, -0.1) is 0 Å². The first-order valence-corrected chi connectivity index (χ1v) is 7.58. The highest BCUT2D eigenvalue weighted by atomic mass is 16.7. The molecule has 5 nitrogen and oxygen atoms in total. The summed E-state index contributed by atoms with van der Waals surface area (Å²) in [5.74, 6) is 1.48. The van der Waals surface area contributed by atoms with Crippen LogP contribution < -0.4 is 20.1 Å². The van der Waals surface area contributed by atoms with E-state index in [0.717, 1.165) is 34.7 Å². The number of hydrogen-bond acceptors (Lipinski definition) is 3. The summed E-state index contributed by atoms with van der Waals surface area (Å²) in [6.07, 6.45) is 0.831. The Morgan fingerprint density at radius 2 is 1.91 bits per heavy atom. The van der Waals surface area contributed by atoms with E-state index in [-0.39, 0.29) is 18.9 Å². The van der Waals surface area contributed by atoms with Gasteiger partial charge in [-0.05, 0) is 35.3 Å². The second-order valence-electron chi connectivity index (χ2n) is 5.88. The van der Waals surface area contributed by atoms with Crippen LogP contribution in [-0.2, 0) is 6.42 Å². The Balaban J connectivity index is 1.61. The quantitative estimate of drug-likeness (QED) is 0.851. The number of hydrogen-bond donors (Lipinski definition) is 2. The summed E-state index contributed by atoms with van der Waals surface area (Å²) < 4.78 is 10.8. The van der Waals surface area contributed by atoms with Gasteiger partial charge in [0.15, 0.2) is 11.5 Å². The number of ether oxygens (including phenoxy) is 2. The molecule has 1 atom stereocenters. The Hall–Kier alpha value is -2.95. The third kappa shape index (κ3) is 1.83. The molecule has 0 radical (unpaired) electrons. The predicted molar refractivity (Wildman–Crippen MR) is 84.0 cm³/mol. The van der Waals surface area contributed by atoms with E-state index in [1.54, 1.807) is 0 Å². The summed E-state index contributed by atoms with van der Waals surface area (Å²) in [7, 11) is 0. The number of amides is 2. The molecule has 0 bridgehead atoms. The molecule has 2 amide bonds. The van der Waals surface area contributed by atoms with Gasteiger partial charge in [-0.3, -0.25) is 0 Å². The van der Waals surface area contributed by atoms with E-state index < -0.39 is 0 Å². The van der Waals surface area contributed by atoms with Crippen molar-refractivity contribution in [3.63, 3.8) is 0 Å². The molecule has 2 aromatic carbocycles. The fraction of sp³-hybridized carbons (Fsp3) is 0.167. The maximum absolute atomic E-state index is 12.1. The molecule has 0 fully saturated rings. The summed E-state index contributed by atoms with van der Waals surface area (Å²) in [5, 5.41) is 5.99. The molecule has 114 valence electrons. The smallest absolute Gasteiger partial charge is 0.319 e. The van der Waals surface area contributed by atoms with Gasteiger partial charge in [-0.25, -0.2) is 4.79 Å². The van der Waals surface area contributed by atoms with Crippen LogP contribution in [0.4, 0.5) is 4.79 Å². The van der Waals surface area contributed by atoms with Crippen LogP contribution in [0.5, 0.6) is 11.5 Å². The summed E-state index contributed by atoms with van der Waals surface area (Å²) >= 11 is 0. The number of carbonyl (C=O) groups excluding carboxylic acids is 1. The second-order valence-corrected chi connectivity index (χ2v) is 5.88. The molecule has 3 aliphatic rings. The fourth-order valence-electron chi connectivity index (χ4n) is 3.52. The van der Waals surface area contributed by atoms with Crippen molar-refractivity contribution in [1.82, 2.24) is 10.6 Å². The van der Waals surface area contributed by atoms with Crippen LogP contribution in [0.3, 0.4) is 0 Å². The molecule has 0 aromatic heterocycles. The van der Waals surface area contributed by atoms with Gasteiger partial charge in [-0.1, -0.05) is 30.3 Å². The lowest BCUT2D eigenvalue weighted by Crippen LogP contribution is -2.42. The van der Waals surface area contributed by atoms with E-state index >= 15 is 0 Å². The zero-order chi connectivity index (χ0) is 15.4. The van der Waals surface area contributed by atoms with Crippen molar-refractivity contribution in [3.8, 4) is 11.5 Å². The number of fused-ring (bicyclic) bond motifs is 3. The maximum Gasteiger partial charge on any atom is 0.319 e. The summed E-state index contributed by atoms with van der Waals surface area (Å²) in [6, 6.07) is 13.7. The maximum atomic E-state index is 12.1. The van der Waals surface area contributed by atoms with Crippen LogP contribution in [0.25, 0.3) is 5.70 Å². The largest absolute Gasteiger partial charge is 0.454 e. The molecule has 1 unspecified atom stereocenters. The van der Waals surface area contributed by atoms with Crippen molar-refractivity contribution < 1.29 is 14.3 Å². The zero-order valence-corrected chi connectivity index (χ0v) is 12.3. The highest BCUT2D eigenvalue weighted by molar-refractivity contribution is 5.93. The number of nitrogens with one attached hydrogen (secondary N) is 2. The molecule has 0 saturated heterocycles. The van der Waals surface area contributed by atoms with Crippen molar-refractivity contribution in [2.45, 2.75) is 12.5 Å². The average molecular weight is 306 g/mol. The van der Waals surface area contributed by atoms with E-state index in [1.807, 2.05) is 30.3 Å². The molecule has 0 spiro atoms. The van der Waals surface area contributed by atoms with Crippen molar-refractivity contribution in [2.75, 3.05) is 6.79 Å². The first-order valence-electron chi connectivity index (χ1n) is 7.58. The van der Waals surface area contributed by atoms with E-state index in [0.29, 0.717) is 0 Å². The first-order chi connectivity index (χ1) is 11.3. The standard InChI is InChI=1S/C18H14N2O3/c21-18-19-16(11-5-6-14-15(8-11)23-9-22-14)13-7-10-3-1-2-4-12(10)17(13)20-18/h1-6,8,16H,7,9H2,(H2,19,20,21). The van der Waals surface area contributed by atoms with Gasteiger partial charge in [0.1, 0.15) is 0 Å². The third-order valence-corrected chi connectivity index (χ3v) is 4.58. The first kappa shape index (κ1) is 12.6. The Morgan fingerprint density at radius 3 is 2.87 bits per heavy atom. The molecule has 5 rings (SSSR count). The highest BCUT2D eigenvalue weighted by Gasteiger charge is 2.34. The predicted octanol–water partition coefficient (Wildman–Crippen LogP) is 2.74. The summed E-state index contributed by atoms with van der Waals surface area (Å²) in [5.41, 5.74) is 5.48. The third-order valence-electron chi connectivity index (χ3n) is 4.58. The molecule has 23 heavy (non-hydrogen) atoms. The van der Waals surface area contributed by atoms with E-state index in [2.05, 4.69) is 22.8 Å². The minimum atomic E-state index is -0.178. The van der Waals surface area contributed by atoms with Gasteiger partial charge in [0.2, 0.25) is 6.79 Å². The Kier molecular flexibility index (Phi) is 2.47. The van der Waals surface area contributed by atoms with E-state index in [1.165, 1.54) is 11.1 Å². The second kappa shape index (κ2) is 4.52. The highest BCUT2D eigenvalue weighted by Crippen LogP contribution is 2.42. The number of rotatable bonds is 1. The lowest BCUT2D eigenvalue weighted by molar-refractivity contribution is 0.174. The van der Waals surface area contributed by atoms with Crippen LogP contribution >= 0.6 is 0 Å². The van der Waals surface area contributed by atoms with Crippen LogP contribution in [0.2, 0.25) is 0 Å². The molecule has 1 aliphatic carbocycles. The van der Waals surface area contributed by atoms with Gasteiger partial charge in [-0.2, -0.15) is 0 Å². The Morgan fingerprint density at radius 1 is 1.04 bits per heavy atom. The Bertz CT molecular complexity index is 872. The van der Waals surface area contributed by atoms with Gasteiger partial charge in [0, 0.05) is 5.56 Å². The number of benzene rings is 2. The molecule has 5 heteroatoms. The van der Waals surface area contributed by atoms with Crippen LogP contribution in [0.1, 0.15) is 22.7 Å². The topological polar surface area (TPSA) is 59.6 Å². The molecule has 2 N–H and O–H groups in total. The minimum absolute atomic E-state index is 0.152. The fourth-order valence-corrected chi connectivity index (χ4v) is 3.52. The van der Waals surface area contributed by atoms with Crippen LogP contribution in [-0.4, -0.2) is 12.8 Å². The van der Waals surface area contributed by atoms with Crippen molar-refractivity contribution in [3.05, 3.63) is 64.7 Å². The number of urea groups is 1. The average Bonchev–Trinajstić information content (AvgIpc) is 3.17. The molecule has 0 saturated carbocycles. The van der Waals surface area contributed by atoms with Gasteiger partial charge >= 0.3 is 6.03 Å². The molecule has 2 aromatic rings. The van der Waals surface area contributed by atoms with Gasteiger partial charge in [0.25, 0.3) is 0 Å². The van der Waals surface area contributed by atoms with Crippen molar-refractivity contribution in [2.24, 2.45) is 0 Å². The number of carbonyl (C=O) groups is 1. The molecular weight excluding hydrogens is 292 g/mol. The van der Waals surface area contributed by atoms with Crippen LogP contribution in [0, 0.1) is 0 Å². The SMILES string of the molecule is O=C1NC2=C(Cc3ccccc32)C(c2ccc3c(c2)OCO3)N1. The molecule has 2 heterocycles. The van der Waals surface area contributed by atoms with Crippen molar-refractivity contribution >= 4 is 11.7 Å². The normalized spacial score (nSPS) is 20.7. The summed E-state index contributed by atoms with van der Waals surface area (Å²) in [6.45, 7) is 0.247. The molecular formula is C18H14N2O3. The van der Waals surface area contributed by atoms with Gasteiger partial charge < -0.3 is 20.1 Å². The summed E-state index contributed by atoms with van der Waals surface area (Å²) in [4.78, 5) is 12.1. The van der Waals surface area contributed by atoms with E-state index in [9.17, 15) is 4.79 Å². The Labute approximate surface area is 132 Å². The lowest BCUT2D eigenvalue weighted by Gasteiger charge is -2.27. The monoisotopic (exact) mass is 306 g/mol. The van der Waals surface area contributed by atoms with Gasteiger partial charge in [0.05, 0.1) is 11.7 Å². The molecule has 2 aliphatic heterocycles. The lowest BCUT2D eigenvalue weighted by atomic mass is 9.95. The minimum Gasteiger partial charge on any atom is -0.454 e. The van der Waals surface area contributed by atoms with Crippen LogP contribution in [0.15, 0.2) is 48.0 Å². The van der Waals surface area contributed by atoms with E-state index in [4.69, 9.17) is 9.47 Å².